The van der Waals surface area contributed by atoms with Crippen molar-refractivity contribution >= 4 is 5.97 Å². The second-order valence-corrected chi connectivity index (χ2v) is 6.86. The maximum atomic E-state index is 12.5. The van der Waals surface area contributed by atoms with Gasteiger partial charge in [0.25, 0.3) is 0 Å². The van der Waals surface area contributed by atoms with Crippen LogP contribution < -0.4 is 14.4 Å². The zero-order chi connectivity index (χ0) is 17.1. The van der Waals surface area contributed by atoms with Gasteiger partial charge >= 0.3 is 5.97 Å². The molecule has 1 N–H and O–H groups in total. The Hall–Kier alpha value is -1.75. The highest BCUT2D eigenvalue weighted by molar-refractivity contribution is 5.90. The lowest BCUT2D eigenvalue weighted by atomic mass is 9.99. The Morgan fingerprint density at radius 2 is 1.79 bits per heavy atom. The van der Waals surface area contributed by atoms with Crippen LogP contribution in [0.4, 0.5) is 0 Å². The van der Waals surface area contributed by atoms with Crippen LogP contribution in [0.2, 0.25) is 0 Å². The van der Waals surface area contributed by atoms with Crippen LogP contribution in [-0.4, -0.2) is 44.9 Å². The molecule has 2 saturated heterocycles. The Kier molecular flexibility index (Phi) is 5.29. The molecule has 2 aliphatic rings. The number of hydrogen-bond donors (Lipinski definition) is 1. The van der Waals surface area contributed by atoms with E-state index in [1.54, 1.807) is 37.3 Å². The van der Waals surface area contributed by atoms with Crippen molar-refractivity contribution in [2.24, 2.45) is 0 Å². The van der Waals surface area contributed by atoms with Crippen molar-refractivity contribution < 1.29 is 23.9 Å². The summed E-state index contributed by atoms with van der Waals surface area (Å²) in [6, 6.07) is 6.48. The number of benzene rings is 1. The van der Waals surface area contributed by atoms with E-state index in [0.717, 1.165) is 12.8 Å². The number of piperidine rings is 1. The average Bonchev–Trinajstić information content (AvgIpc) is 2.83. The minimum Gasteiger partial charge on any atom is -0.493 e. The lowest BCUT2D eigenvalue weighted by Gasteiger charge is -2.35. The van der Waals surface area contributed by atoms with Gasteiger partial charge in [-0.05, 0) is 24.6 Å². The first-order chi connectivity index (χ1) is 11.7. The number of fused-ring (bicyclic) bond motifs is 2. The van der Waals surface area contributed by atoms with Gasteiger partial charge in [0.15, 0.2) is 11.5 Å². The van der Waals surface area contributed by atoms with E-state index in [1.807, 2.05) is 0 Å². The van der Waals surface area contributed by atoms with Gasteiger partial charge in [0.2, 0.25) is 0 Å². The zero-order valence-electron chi connectivity index (χ0n) is 14.8. The summed E-state index contributed by atoms with van der Waals surface area (Å²) in [7, 11) is 3.15. The Labute approximate surface area is 143 Å². The molecule has 0 amide bonds. The third-order valence-corrected chi connectivity index (χ3v) is 5.44. The van der Waals surface area contributed by atoms with Gasteiger partial charge in [0.1, 0.15) is 6.10 Å². The van der Waals surface area contributed by atoms with E-state index in [-0.39, 0.29) is 12.1 Å². The van der Waals surface area contributed by atoms with E-state index in [4.69, 9.17) is 14.2 Å². The van der Waals surface area contributed by atoms with E-state index in [0.29, 0.717) is 29.1 Å². The van der Waals surface area contributed by atoms with Crippen molar-refractivity contribution in [3.05, 3.63) is 23.8 Å². The van der Waals surface area contributed by atoms with Crippen LogP contribution in [0.1, 0.15) is 49.4 Å². The molecule has 0 aliphatic carbocycles. The molecular formula is C19H28NO4+. The highest BCUT2D eigenvalue weighted by Gasteiger charge is 2.45. The van der Waals surface area contributed by atoms with Crippen LogP contribution >= 0.6 is 0 Å². The number of ether oxygens (including phenoxy) is 3. The van der Waals surface area contributed by atoms with Gasteiger partial charge in [-0.15, -0.1) is 0 Å². The quantitative estimate of drug-likeness (QED) is 0.807. The van der Waals surface area contributed by atoms with Gasteiger partial charge in [-0.25, -0.2) is 4.79 Å². The third-order valence-electron chi connectivity index (χ3n) is 5.44. The number of nitrogens with one attached hydrogen (secondary N) is 1. The lowest BCUT2D eigenvalue weighted by molar-refractivity contribution is -0.942. The van der Waals surface area contributed by atoms with Gasteiger partial charge in [-0.1, -0.05) is 6.92 Å². The van der Waals surface area contributed by atoms with Crippen molar-refractivity contribution in [3.8, 4) is 11.5 Å². The number of hydrogen-bond acceptors (Lipinski definition) is 4. The van der Waals surface area contributed by atoms with Crippen molar-refractivity contribution in [1.82, 2.24) is 0 Å². The fourth-order valence-corrected chi connectivity index (χ4v) is 4.35. The van der Waals surface area contributed by atoms with E-state index in [2.05, 4.69) is 6.92 Å². The molecule has 2 heterocycles. The monoisotopic (exact) mass is 334 g/mol. The molecule has 0 spiro atoms. The molecule has 2 bridgehead atoms. The molecule has 0 saturated carbocycles. The number of carbonyl (C=O) groups excluding carboxylic acids is 1. The number of methoxy groups -OCH3 is 2. The predicted octanol–water partition coefficient (Wildman–Crippen LogP) is 1.85. The molecule has 4 atom stereocenters. The molecule has 2 unspecified atom stereocenters. The number of carbonyl (C=O) groups is 1. The summed E-state index contributed by atoms with van der Waals surface area (Å²) in [6.45, 7) is 3.49. The largest absolute Gasteiger partial charge is 0.493 e. The molecule has 1 aromatic carbocycles. The fraction of sp³-hybridized carbons (Fsp3) is 0.632. The minimum absolute atomic E-state index is 0.0451. The number of esters is 1. The summed E-state index contributed by atoms with van der Waals surface area (Å²) < 4.78 is 16.3. The second kappa shape index (κ2) is 7.43. The van der Waals surface area contributed by atoms with Crippen LogP contribution in [0.5, 0.6) is 11.5 Å². The average molecular weight is 334 g/mol. The molecule has 132 valence electrons. The Balaban J connectivity index is 1.64. The molecule has 0 aromatic heterocycles. The van der Waals surface area contributed by atoms with Gasteiger partial charge in [0, 0.05) is 25.7 Å². The summed E-state index contributed by atoms with van der Waals surface area (Å²) in [6.07, 6.45) is 5.78. The molecule has 24 heavy (non-hydrogen) atoms. The van der Waals surface area contributed by atoms with Gasteiger partial charge < -0.3 is 19.1 Å². The molecular weight excluding hydrogens is 306 g/mol. The van der Waals surface area contributed by atoms with Crippen LogP contribution in [0.15, 0.2) is 18.2 Å². The Morgan fingerprint density at radius 1 is 1.12 bits per heavy atom. The normalized spacial score (nSPS) is 28.5. The van der Waals surface area contributed by atoms with E-state index in [1.165, 1.54) is 25.8 Å². The summed E-state index contributed by atoms with van der Waals surface area (Å²) in [5, 5.41) is 0. The molecule has 0 radical (unpaired) electrons. The van der Waals surface area contributed by atoms with E-state index >= 15 is 0 Å². The highest BCUT2D eigenvalue weighted by Crippen LogP contribution is 2.29. The summed E-state index contributed by atoms with van der Waals surface area (Å²) in [5.41, 5.74) is 0.517. The smallest absolute Gasteiger partial charge is 0.338 e. The van der Waals surface area contributed by atoms with Crippen molar-refractivity contribution in [2.45, 2.75) is 57.2 Å². The molecule has 5 heteroatoms. The topological polar surface area (TPSA) is 49.2 Å². The lowest BCUT2D eigenvalue weighted by Crippen LogP contribution is -3.18. The Morgan fingerprint density at radius 3 is 2.38 bits per heavy atom. The molecule has 2 aliphatic heterocycles. The van der Waals surface area contributed by atoms with Crippen LogP contribution in [0.25, 0.3) is 0 Å². The SMILES string of the molecule is CCC[NH+]1[C@@H]2CC[C@H]1CC(OC(=O)c1ccc(OC)c(OC)c1)C2. The van der Waals surface area contributed by atoms with Crippen LogP contribution in [0, 0.1) is 0 Å². The molecule has 2 fully saturated rings. The van der Waals surface area contributed by atoms with Gasteiger partial charge in [-0.2, -0.15) is 0 Å². The molecule has 5 nitrogen and oxygen atoms in total. The zero-order valence-corrected chi connectivity index (χ0v) is 14.8. The summed E-state index contributed by atoms with van der Waals surface area (Å²) in [4.78, 5) is 14.2. The Bertz CT molecular complexity index is 575. The third kappa shape index (κ3) is 3.36. The first kappa shape index (κ1) is 17.1. The standard InChI is InChI=1S/C19H27NO4/c1-4-9-20-14-6-7-15(20)12-16(11-14)24-19(21)13-5-8-17(22-2)18(10-13)23-3/h5,8,10,14-16H,4,6-7,9,11-12H2,1-3H3/p+1/t14-,15+,16?. The van der Waals surface area contributed by atoms with Crippen molar-refractivity contribution in [1.29, 1.82) is 0 Å². The highest BCUT2D eigenvalue weighted by atomic mass is 16.5. The van der Waals surface area contributed by atoms with Crippen LogP contribution in [-0.2, 0) is 4.74 Å². The molecule has 3 rings (SSSR count). The fourth-order valence-electron chi connectivity index (χ4n) is 4.35. The first-order valence-corrected chi connectivity index (χ1v) is 8.94. The first-order valence-electron chi connectivity index (χ1n) is 8.94. The van der Waals surface area contributed by atoms with Gasteiger partial charge in [0.05, 0.1) is 38.4 Å². The van der Waals surface area contributed by atoms with Crippen molar-refractivity contribution in [2.75, 3.05) is 20.8 Å². The number of rotatable bonds is 6. The van der Waals surface area contributed by atoms with E-state index < -0.39 is 0 Å². The van der Waals surface area contributed by atoms with E-state index in [9.17, 15) is 4.79 Å². The minimum atomic E-state index is -0.265. The van der Waals surface area contributed by atoms with Crippen LogP contribution in [0.3, 0.4) is 0 Å². The maximum Gasteiger partial charge on any atom is 0.338 e. The van der Waals surface area contributed by atoms with Crippen molar-refractivity contribution in [3.63, 3.8) is 0 Å². The second-order valence-electron chi connectivity index (χ2n) is 6.86. The molecule has 1 aromatic rings. The predicted molar refractivity (Wildman–Crippen MR) is 90.9 cm³/mol. The summed E-state index contributed by atoms with van der Waals surface area (Å²) >= 11 is 0. The summed E-state index contributed by atoms with van der Waals surface area (Å²) in [5.74, 6) is 0.900. The van der Waals surface area contributed by atoms with Gasteiger partial charge in [-0.3, -0.25) is 0 Å². The maximum absolute atomic E-state index is 12.5. The number of quaternary nitrogens is 1.